The van der Waals surface area contributed by atoms with Gasteiger partial charge in [-0.05, 0) is 18.4 Å². The molecule has 0 aliphatic carbocycles. The molecule has 0 aromatic rings. The van der Waals surface area contributed by atoms with Gasteiger partial charge < -0.3 is 10.0 Å². The van der Waals surface area contributed by atoms with Gasteiger partial charge in [-0.1, -0.05) is 12.0 Å². The van der Waals surface area contributed by atoms with E-state index in [4.69, 9.17) is 5.53 Å². The molecule has 6 nitrogen and oxygen atoms in total. The van der Waals surface area contributed by atoms with Crippen LogP contribution in [0.25, 0.3) is 10.4 Å². The Morgan fingerprint density at radius 1 is 1.73 bits per heavy atom. The van der Waals surface area contributed by atoms with Crippen molar-refractivity contribution in [2.24, 2.45) is 11.0 Å². The summed E-state index contributed by atoms with van der Waals surface area (Å²) < 4.78 is 0. The summed E-state index contributed by atoms with van der Waals surface area (Å²) in [6.07, 6.45) is 1.16. The van der Waals surface area contributed by atoms with Crippen molar-refractivity contribution in [2.75, 3.05) is 19.6 Å². The van der Waals surface area contributed by atoms with E-state index >= 15 is 0 Å². The molecule has 1 aliphatic heterocycles. The fraction of sp³-hybridized carbons (Fsp3) is 0.889. The number of aliphatic hydroxyl groups excluding tert-OH is 1. The van der Waals surface area contributed by atoms with Crippen LogP contribution in [0.2, 0.25) is 0 Å². The summed E-state index contributed by atoms with van der Waals surface area (Å²) in [5, 5.41) is 12.9. The first-order valence-corrected chi connectivity index (χ1v) is 5.15. The van der Waals surface area contributed by atoms with Crippen LogP contribution in [0.3, 0.4) is 0 Å². The first-order valence-electron chi connectivity index (χ1n) is 5.15. The van der Waals surface area contributed by atoms with Gasteiger partial charge in [-0.3, -0.25) is 4.79 Å². The molecule has 1 amide bonds. The molecule has 84 valence electrons. The van der Waals surface area contributed by atoms with Gasteiger partial charge in [0, 0.05) is 23.9 Å². The minimum Gasteiger partial charge on any atom is -0.393 e. The molecule has 6 heteroatoms. The first kappa shape index (κ1) is 11.8. The largest absolute Gasteiger partial charge is 0.393 e. The summed E-state index contributed by atoms with van der Waals surface area (Å²) in [5.74, 6) is -0.00749. The normalized spacial score (nSPS) is 25.9. The van der Waals surface area contributed by atoms with Crippen LogP contribution < -0.4 is 0 Å². The first-order chi connectivity index (χ1) is 7.19. The number of rotatable bonds is 3. The van der Waals surface area contributed by atoms with Crippen molar-refractivity contribution < 1.29 is 9.90 Å². The van der Waals surface area contributed by atoms with Crippen LogP contribution >= 0.6 is 0 Å². The van der Waals surface area contributed by atoms with Crippen molar-refractivity contribution in [3.8, 4) is 0 Å². The van der Waals surface area contributed by atoms with Crippen LogP contribution in [0.4, 0.5) is 0 Å². The molecule has 0 saturated carbocycles. The fourth-order valence-corrected chi connectivity index (χ4v) is 1.84. The van der Waals surface area contributed by atoms with Crippen molar-refractivity contribution in [1.82, 2.24) is 4.90 Å². The number of likely N-dealkylation sites (tertiary alicyclic amines) is 1. The predicted molar refractivity (Wildman–Crippen MR) is 55.0 cm³/mol. The van der Waals surface area contributed by atoms with Gasteiger partial charge >= 0.3 is 0 Å². The Bertz CT molecular complexity index is 275. The lowest BCUT2D eigenvalue weighted by atomic mass is 9.92. The Balaban J connectivity index is 2.50. The maximum Gasteiger partial charge on any atom is 0.228 e. The van der Waals surface area contributed by atoms with Gasteiger partial charge in [-0.2, -0.15) is 0 Å². The van der Waals surface area contributed by atoms with Gasteiger partial charge in [-0.15, -0.1) is 0 Å². The summed E-state index contributed by atoms with van der Waals surface area (Å²) in [6.45, 7) is 2.99. The molecular formula is C9H16N4O2. The van der Waals surface area contributed by atoms with E-state index in [9.17, 15) is 9.90 Å². The van der Waals surface area contributed by atoms with Gasteiger partial charge in [0.25, 0.3) is 0 Å². The summed E-state index contributed by atoms with van der Waals surface area (Å²) in [7, 11) is 0. The molecule has 2 atom stereocenters. The topological polar surface area (TPSA) is 89.3 Å². The number of carbonyl (C=O) groups is 1. The van der Waals surface area contributed by atoms with Gasteiger partial charge in [0.05, 0.1) is 6.10 Å². The molecule has 1 N–H and O–H groups in total. The highest BCUT2D eigenvalue weighted by Gasteiger charge is 2.28. The number of amides is 1. The predicted octanol–water partition coefficient (Wildman–Crippen LogP) is 0.916. The summed E-state index contributed by atoms with van der Waals surface area (Å²) in [6, 6.07) is 0. The zero-order valence-electron chi connectivity index (χ0n) is 8.83. The van der Waals surface area contributed by atoms with E-state index in [-0.39, 0.29) is 24.5 Å². The lowest BCUT2D eigenvalue weighted by Crippen LogP contribution is -2.46. The molecule has 0 unspecified atom stereocenters. The third-order valence-corrected chi connectivity index (χ3v) is 2.84. The van der Waals surface area contributed by atoms with Gasteiger partial charge in [0.2, 0.25) is 5.91 Å². The van der Waals surface area contributed by atoms with Gasteiger partial charge in [0.15, 0.2) is 0 Å². The monoisotopic (exact) mass is 212 g/mol. The Kier molecular flexibility index (Phi) is 4.39. The van der Waals surface area contributed by atoms with Crippen molar-refractivity contribution in [2.45, 2.75) is 25.9 Å². The lowest BCUT2D eigenvalue weighted by Gasteiger charge is -2.35. The van der Waals surface area contributed by atoms with E-state index in [1.54, 1.807) is 4.90 Å². The second-order valence-corrected chi connectivity index (χ2v) is 3.75. The SMILES string of the molecule is CC[C@H]1CN(C(=O)CN=[N+]=[N-])CC[C@@H]1O. The Labute approximate surface area is 88.5 Å². The van der Waals surface area contributed by atoms with Crippen LogP contribution in [-0.4, -0.2) is 41.7 Å². The van der Waals surface area contributed by atoms with Crippen molar-refractivity contribution in [1.29, 1.82) is 0 Å². The summed E-state index contributed by atoms with van der Waals surface area (Å²) >= 11 is 0. The van der Waals surface area contributed by atoms with Crippen LogP contribution in [0, 0.1) is 5.92 Å². The molecule has 1 heterocycles. The zero-order valence-corrected chi connectivity index (χ0v) is 8.83. The zero-order chi connectivity index (χ0) is 11.3. The van der Waals surface area contributed by atoms with E-state index < -0.39 is 0 Å². The molecule has 0 spiro atoms. The quantitative estimate of drug-likeness (QED) is 0.428. The number of hydrogen-bond acceptors (Lipinski definition) is 3. The molecule has 0 aromatic carbocycles. The molecule has 1 fully saturated rings. The lowest BCUT2D eigenvalue weighted by molar-refractivity contribution is -0.133. The van der Waals surface area contributed by atoms with E-state index in [2.05, 4.69) is 10.0 Å². The molecule has 1 rings (SSSR count). The number of aliphatic hydroxyl groups is 1. The van der Waals surface area contributed by atoms with Crippen LogP contribution in [0.5, 0.6) is 0 Å². The minimum absolute atomic E-state index is 0.122. The molecule has 1 aliphatic rings. The number of azide groups is 1. The number of hydrogen-bond donors (Lipinski definition) is 1. The second-order valence-electron chi connectivity index (χ2n) is 3.75. The van der Waals surface area contributed by atoms with E-state index in [1.165, 1.54) is 0 Å². The maximum absolute atomic E-state index is 11.5. The van der Waals surface area contributed by atoms with Crippen molar-refractivity contribution >= 4 is 5.91 Å². The highest BCUT2D eigenvalue weighted by Crippen LogP contribution is 2.19. The van der Waals surface area contributed by atoms with Crippen LogP contribution in [-0.2, 0) is 4.79 Å². The van der Waals surface area contributed by atoms with Crippen molar-refractivity contribution in [3.63, 3.8) is 0 Å². The second kappa shape index (κ2) is 5.58. The third-order valence-electron chi connectivity index (χ3n) is 2.84. The third kappa shape index (κ3) is 3.11. The summed E-state index contributed by atoms with van der Waals surface area (Å²) in [5.41, 5.74) is 8.10. The number of piperidine rings is 1. The number of nitrogens with zero attached hydrogens (tertiary/aromatic N) is 4. The Hall–Kier alpha value is -1.26. The average molecular weight is 212 g/mol. The molecule has 0 bridgehead atoms. The van der Waals surface area contributed by atoms with E-state index in [1.807, 2.05) is 6.92 Å². The highest BCUT2D eigenvalue weighted by atomic mass is 16.3. The average Bonchev–Trinajstić information content (AvgIpc) is 2.26. The minimum atomic E-state index is -0.307. The van der Waals surface area contributed by atoms with E-state index in [0.29, 0.717) is 19.5 Å². The smallest absolute Gasteiger partial charge is 0.228 e. The number of carbonyl (C=O) groups excluding carboxylic acids is 1. The van der Waals surface area contributed by atoms with Crippen molar-refractivity contribution in [3.05, 3.63) is 10.4 Å². The van der Waals surface area contributed by atoms with E-state index in [0.717, 1.165) is 6.42 Å². The Morgan fingerprint density at radius 2 is 2.47 bits per heavy atom. The fourth-order valence-electron chi connectivity index (χ4n) is 1.84. The standard InChI is InChI=1S/C9H16N4O2/c1-2-7-6-13(4-3-8(7)14)9(15)5-11-12-10/h7-8,14H,2-6H2,1H3/t7-,8-/m0/s1. The molecule has 1 saturated heterocycles. The Morgan fingerprint density at radius 3 is 3.07 bits per heavy atom. The maximum atomic E-state index is 11.5. The molecule has 0 radical (unpaired) electrons. The van der Waals surface area contributed by atoms with Gasteiger partial charge in [0.1, 0.15) is 6.54 Å². The summed E-state index contributed by atoms with van der Waals surface area (Å²) in [4.78, 5) is 15.7. The van der Waals surface area contributed by atoms with Gasteiger partial charge in [-0.25, -0.2) is 0 Å². The highest BCUT2D eigenvalue weighted by molar-refractivity contribution is 5.78. The molecule has 0 aromatic heterocycles. The molecular weight excluding hydrogens is 196 g/mol. The van der Waals surface area contributed by atoms with Crippen LogP contribution in [0.1, 0.15) is 19.8 Å². The van der Waals surface area contributed by atoms with Crippen LogP contribution in [0.15, 0.2) is 5.11 Å². The molecule has 15 heavy (non-hydrogen) atoms.